The van der Waals surface area contributed by atoms with Crippen LogP contribution in [0.25, 0.3) is 22.3 Å². The molecule has 0 saturated heterocycles. The van der Waals surface area contributed by atoms with Crippen LogP contribution in [0.5, 0.6) is 0 Å². The number of halogens is 4. The molecule has 8 nitrogen and oxygen atoms in total. The van der Waals surface area contributed by atoms with Crippen molar-refractivity contribution in [2.24, 2.45) is 7.05 Å². The highest BCUT2D eigenvalue weighted by Gasteiger charge is 2.28. The predicted molar refractivity (Wildman–Crippen MR) is 109 cm³/mol. The Morgan fingerprint density at radius 2 is 2.06 bits per heavy atom. The molecule has 0 aliphatic heterocycles. The molecule has 0 radical (unpaired) electrons. The van der Waals surface area contributed by atoms with Gasteiger partial charge in [-0.05, 0) is 24.3 Å². The molecule has 4 rings (SSSR count). The van der Waals surface area contributed by atoms with Gasteiger partial charge in [0.15, 0.2) is 5.82 Å². The van der Waals surface area contributed by atoms with Gasteiger partial charge in [-0.25, -0.2) is 4.68 Å². The number of nitrogens with zero attached hydrogens (tertiary/aromatic N) is 4. The van der Waals surface area contributed by atoms with E-state index in [2.05, 4.69) is 25.6 Å². The summed E-state index contributed by atoms with van der Waals surface area (Å²) in [5, 5.41) is 17.2. The van der Waals surface area contributed by atoms with E-state index in [4.69, 9.17) is 11.6 Å². The van der Waals surface area contributed by atoms with E-state index in [0.29, 0.717) is 22.2 Å². The van der Waals surface area contributed by atoms with Crippen LogP contribution >= 0.6 is 11.6 Å². The topological polar surface area (TPSA) is 101 Å². The van der Waals surface area contributed by atoms with Gasteiger partial charge in [-0.1, -0.05) is 23.7 Å². The average Bonchev–Trinajstić information content (AvgIpc) is 3.35. The highest BCUT2D eigenvalue weighted by atomic mass is 35.5. The van der Waals surface area contributed by atoms with E-state index in [1.807, 2.05) is 11.4 Å². The van der Waals surface area contributed by atoms with Crippen molar-refractivity contribution in [1.82, 2.24) is 30.3 Å². The quantitative estimate of drug-likeness (QED) is 0.427. The number of hydrogen-bond donors (Lipinski definition) is 3. The van der Waals surface area contributed by atoms with Crippen LogP contribution in [0.1, 0.15) is 10.4 Å². The van der Waals surface area contributed by atoms with Crippen LogP contribution < -0.4 is 10.6 Å². The fraction of sp³-hybridized carbons (Fsp3) is 0.158. The number of fused-ring (bicyclic) bond motifs is 1. The average molecular weight is 450 g/mol. The number of anilines is 2. The second kappa shape index (κ2) is 7.91. The zero-order valence-electron chi connectivity index (χ0n) is 16.0. The summed E-state index contributed by atoms with van der Waals surface area (Å²) in [5.74, 6) is -0.170. The van der Waals surface area contributed by atoms with Crippen LogP contribution in [0, 0.1) is 0 Å². The number of nitrogens with one attached hydrogen (secondary N) is 3. The highest BCUT2D eigenvalue weighted by molar-refractivity contribution is 6.38. The second-order valence-electron chi connectivity index (χ2n) is 6.64. The van der Waals surface area contributed by atoms with Crippen LogP contribution in [0.2, 0.25) is 5.02 Å². The largest absolute Gasteiger partial charge is 0.405 e. The van der Waals surface area contributed by atoms with E-state index in [1.54, 1.807) is 31.4 Å². The lowest BCUT2D eigenvalue weighted by atomic mass is 10.1. The zero-order chi connectivity index (χ0) is 22.2. The number of carbonyl (C=O) groups excluding carboxylic acids is 1. The summed E-state index contributed by atoms with van der Waals surface area (Å²) < 4.78 is 38.5. The van der Waals surface area contributed by atoms with Gasteiger partial charge in [0.05, 0.1) is 22.4 Å². The molecule has 0 atom stereocenters. The normalized spacial score (nSPS) is 11.6. The Morgan fingerprint density at radius 1 is 1.26 bits per heavy atom. The summed E-state index contributed by atoms with van der Waals surface area (Å²) in [5.41, 5.74) is 1.92. The molecule has 4 aromatic rings. The molecular weight excluding hydrogens is 435 g/mol. The first-order valence-electron chi connectivity index (χ1n) is 8.96. The lowest BCUT2D eigenvalue weighted by Crippen LogP contribution is -2.33. The fourth-order valence-corrected chi connectivity index (χ4v) is 3.16. The van der Waals surface area contributed by atoms with Gasteiger partial charge in [-0.2, -0.15) is 23.3 Å². The third-order valence-electron chi connectivity index (χ3n) is 4.40. The number of hydrogen-bond acceptors (Lipinski definition) is 5. The van der Waals surface area contributed by atoms with E-state index < -0.39 is 18.6 Å². The number of aromatic amines is 1. The third kappa shape index (κ3) is 4.45. The number of amides is 1. The third-order valence-corrected chi connectivity index (χ3v) is 4.81. The van der Waals surface area contributed by atoms with Gasteiger partial charge in [-0.15, -0.1) is 5.10 Å². The number of benzene rings is 2. The Balaban J connectivity index is 1.57. The maximum atomic E-state index is 12.3. The van der Waals surface area contributed by atoms with Crippen molar-refractivity contribution in [3.8, 4) is 11.4 Å². The number of carbonyl (C=O) groups is 1. The molecule has 0 bridgehead atoms. The fourth-order valence-electron chi connectivity index (χ4n) is 2.90. The van der Waals surface area contributed by atoms with Gasteiger partial charge in [0.2, 0.25) is 5.95 Å². The van der Waals surface area contributed by atoms with Gasteiger partial charge >= 0.3 is 6.18 Å². The zero-order valence-corrected chi connectivity index (χ0v) is 16.7. The van der Waals surface area contributed by atoms with Gasteiger partial charge in [0.25, 0.3) is 5.91 Å². The van der Waals surface area contributed by atoms with Crippen LogP contribution in [0.4, 0.5) is 24.8 Å². The Morgan fingerprint density at radius 3 is 2.84 bits per heavy atom. The first kappa shape index (κ1) is 20.7. The Bertz CT molecular complexity index is 1270. The molecule has 3 N–H and O–H groups in total. The van der Waals surface area contributed by atoms with Crippen LogP contribution in [0.3, 0.4) is 0 Å². The minimum atomic E-state index is -4.49. The Hall–Kier alpha value is -3.60. The number of H-pyrrole nitrogens is 1. The summed E-state index contributed by atoms with van der Waals surface area (Å²) in [4.78, 5) is 16.4. The van der Waals surface area contributed by atoms with E-state index in [0.717, 1.165) is 10.9 Å². The molecule has 2 heterocycles. The highest BCUT2D eigenvalue weighted by Crippen LogP contribution is 2.32. The van der Waals surface area contributed by atoms with Crippen LogP contribution in [-0.2, 0) is 7.05 Å². The Kier molecular flexibility index (Phi) is 5.27. The molecule has 0 aliphatic carbocycles. The van der Waals surface area contributed by atoms with E-state index in [9.17, 15) is 18.0 Å². The lowest BCUT2D eigenvalue weighted by Gasteiger charge is -2.08. The number of rotatable bonds is 5. The van der Waals surface area contributed by atoms with Gasteiger partial charge in [0.1, 0.15) is 6.54 Å². The van der Waals surface area contributed by atoms with Crippen molar-refractivity contribution in [1.29, 1.82) is 0 Å². The minimum absolute atomic E-state index is 0.0668. The summed E-state index contributed by atoms with van der Waals surface area (Å²) >= 11 is 6.42. The van der Waals surface area contributed by atoms with Crippen molar-refractivity contribution < 1.29 is 18.0 Å². The molecule has 160 valence electrons. The maximum Gasteiger partial charge on any atom is 0.405 e. The van der Waals surface area contributed by atoms with Gasteiger partial charge < -0.3 is 10.6 Å². The molecule has 1 amide bonds. The summed E-state index contributed by atoms with van der Waals surface area (Å²) in [6.45, 7) is -1.41. The van der Waals surface area contributed by atoms with Crippen LogP contribution in [-0.4, -0.2) is 43.6 Å². The number of aryl methyl sites for hydroxylation is 1. The van der Waals surface area contributed by atoms with Gasteiger partial charge in [0, 0.05) is 23.6 Å². The summed E-state index contributed by atoms with van der Waals surface area (Å²) in [6.07, 6.45) is -2.88. The van der Waals surface area contributed by atoms with E-state index >= 15 is 0 Å². The molecule has 0 spiro atoms. The van der Waals surface area contributed by atoms with Crippen molar-refractivity contribution in [3.63, 3.8) is 0 Å². The molecule has 2 aromatic heterocycles. The van der Waals surface area contributed by atoms with E-state index in [1.165, 1.54) is 16.8 Å². The van der Waals surface area contributed by atoms with Crippen molar-refractivity contribution in [3.05, 3.63) is 53.2 Å². The molecule has 12 heteroatoms. The SMILES string of the molecule is Cn1nc(-c2cccc(C(=O)NCC(F)(F)F)c2)nc1Nc1ccc2[nH]ncc2c1Cl. The lowest BCUT2D eigenvalue weighted by molar-refractivity contribution is -0.123. The first-order chi connectivity index (χ1) is 14.7. The smallest absolute Gasteiger partial charge is 0.343 e. The summed E-state index contributed by atoms with van der Waals surface area (Å²) in [6, 6.07) is 9.63. The van der Waals surface area contributed by atoms with Gasteiger partial charge in [-0.3, -0.25) is 9.89 Å². The number of alkyl halides is 3. The minimum Gasteiger partial charge on any atom is -0.343 e. The van der Waals surface area contributed by atoms with Crippen molar-refractivity contribution >= 4 is 40.0 Å². The summed E-state index contributed by atoms with van der Waals surface area (Å²) in [7, 11) is 1.67. The standard InChI is InChI=1S/C19H15ClF3N7O/c1-30-18(26-14-6-5-13-12(15(14)20)8-25-28-13)27-16(29-30)10-3-2-4-11(7-10)17(31)24-9-19(21,22)23/h2-8H,9H2,1H3,(H,24,31)(H,25,28)(H,26,27,29). The van der Waals surface area contributed by atoms with Crippen LogP contribution in [0.15, 0.2) is 42.6 Å². The predicted octanol–water partition coefficient (Wildman–Crippen LogP) is 4.05. The number of aromatic nitrogens is 5. The van der Waals surface area contributed by atoms with E-state index in [-0.39, 0.29) is 11.4 Å². The Labute approximate surface area is 178 Å². The second-order valence-corrected chi connectivity index (χ2v) is 7.02. The molecular formula is C19H15ClF3N7O. The molecule has 0 fully saturated rings. The molecule has 2 aromatic carbocycles. The maximum absolute atomic E-state index is 12.3. The molecule has 0 unspecified atom stereocenters. The molecule has 0 aliphatic rings. The molecule has 0 saturated carbocycles. The van der Waals surface area contributed by atoms with Crippen molar-refractivity contribution in [2.75, 3.05) is 11.9 Å². The van der Waals surface area contributed by atoms with Crippen molar-refractivity contribution in [2.45, 2.75) is 6.18 Å². The molecule has 31 heavy (non-hydrogen) atoms. The first-order valence-corrected chi connectivity index (χ1v) is 9.34. The monoisotopic (exact) mass is 449 g/mol.